The molecule has 5 nitrogen and oxygen atoms in total. The lowest BCUT2D eigenvalue weighted by Gasteiger charge is -2.10. The highest BCUT2D eigenvalue weighted by Gasteiger charge is 2.14. The normalized spacial score (nSPS) is 11.2. The molecule has 0 radical (unpaired) electrons. The molecule has 0 spiro atoms. The van der Waals surface area contributed by atoms with Crippen molar-refractivity contribution in [3.05, 3.63) is 102 Å². The van der Waals surface area contributed by atoms with E-state index in [1.807, 2.05) is 78.3 Å². The molecule has 2 aromatic heterocycles. The topological polar surface area (TPSA) is 59.8 Å². The number of amides is 1. The summed E-state index contributed by atoms with van der Waals surface area (Å²) in [5.41, 5.74) is 4.62. The summed E-state index contributed by atoms with van der Waals surface area (Å²) in [6.07, 6.45) is 5.51. The van der Waals surface area contributed by atoms with Gasteiger partial charge in [0.1, 0.15) is 0 Å². The summed E-state index contributed by atoms with van der Waals surface area (Å²) in [4.78, 5) is 17.5. The molecule has 0 unspecified atom stereocenters. The zero-order valence-electron chi connectivity index (χ0n) is 18.0. The van der Waals surface area contributed by atoms with Gasteiger partial charge < -0.3 is 5.32 Å². The molecular formula is C27H24N4O. The maximum atomic E-state index is 13.0. The zero-order valence-corrected chi connectivity index (χ0v) is 18.0. The van der Waals surface area contributed by atoms with Crippen molar-refractivity contribution in [3.63, 3.8) is 0 Å². The Balaban J connectivity index is 1.28. The number of carbonyl (C=O) groups is 1. The zero-order chi connectivity index (χ0) is 21.9. The Hall–Kier alpha value is -3.99. The van der Waals surface area contributed by atoms with Gasteiger partial charge >= 0.3 is 0 Å². The molecule has 2 heterocycles. The van der Waals surface area contributed by atoms with Gasteiger partial charge in [0.05, 0.1) is 22.5 Å². The minimum Gasteiger partial charge on any atom is -0.352 e. The number of fused-ring (bicyclic) bond motifs is 3. The Morgan fingerprint density at radius 2 is 1.75 bits per heavy atom. The molecule has 0 bridgehead atoms. The van der Waals surface area contributed by atoms with Crippen molar-refractivity contribution >= 4 is 27.6 Å². The van der Waals surface area contributed by atoms with Crippen LogP contribution in [-0.4, -0.2) is 27.2 Å². The number of aromatic nitrogens is 3. The van der Waals surface area contributed by atoms with E-state index < -0.39 is 0 Å². The van der Waals surface area contributed by atoms with Gasteiger partial charge in [-0.3, -0.25) is 9.78 Å². The summed E-state index contributed by atoms with van der Waals surface area (Å²) in [5.74, 6) is -0.0869. The lowest BCUT2D eigenvalue weighted by Crippen LogP contribution is -2.25. The molecular weight excluding hydrogens is 396 g/mol. The van der Waals surface area contributed by atoms with Crippen LogP contribution in [0.25, 0.3) is 27.4 Å². The molecule has 3 aromatic carbocycles. The molecule has 0 atom stereocenters. The Morgan fingerprint density at radius 3 is 2.62 bits per heavy atom. The van der Waals surface area contributed by atoms with Gasteiger partial charge in [-0.2, -0.15) is 5.10 Å². The molecule has 5 rings (SSSR count). The van der Waals surface area contributed by atoms with Crippen LogP contribution in [0, 0.1) is 6.92 Å². The average molecular weight is 421 g/mol. The minimum atomic E-state index is -0.0869. The molecule has 0 aliphatic rings. The predicted molar refractivity (Wildman–Crippen MR) is 128 cm³/mol. The van der Waals surface area contributed by atoms with Gasteiger partial charge in [-0.25, -0.2) is 4.68 Å². The fourth-order valence-corrected chi connectivity index (χ4v) is 4.13. The number of aryl methyl sites for hydroxylation is 2. The molecule has 0 saturated carbocycles. The van der Waals surface area contributed by atoms with Crippen molar-refractivity contribution in [3.8, 4) is 5.69 Å². The number of para-hydroxylation sites is 1. The van der Waals surface area contributed by atoms with Crippen LogP contribution in [-0.2, 0) is 6.42 Å². The van der Waals surface area contributed by atoms with Crippen molar-refractivity contribution in [2.24, 2.45) is 0 Å². The second-order valence-electron chi connectivity index (χ2n) is 7.92. The first-order valence-electron chi connectivity index (χ1n) is 10.9. The highest BCUT2D eigenvalue weighted by atomic mass is 16.1. The molecule has 32 heavy (non-hydrogen) atoms. The van der Waals surface area contributed by atoms with Gasteiger partial charge in [0.25, 0.3) is 5.91 Å². The molecule has 5 heteroatoms. The quantitative estimate of drug-likeness (QED) is 0.302. The van der Waals surface area contributed by atoms with Crippen LogP contribution in [0.5, 0.6) is 0 Å². The Labute approximate surface area is 186 Å². The fourth-order valence-electron chi connectivity index (χ4n) is 4.13. The largest absolute Gasteiger partial charge is 0.352 e. The lowest BCUT2D eigenvalue weighted by molar-refractivity contribution is 0.0955. The van der Waals surface area contributed by atoms with Crippen LogP contribution in [0.4, 0.5) is 0 Å². The monoisotopic (exact) mass is 420 g/mol. The summed E-state index contributed by atoms with van der Waals surface area (Å²) in [6, 6.07) is 24.1. The minimum absolute atomic E-state index is 0.0869. The first-order valence-corrected chi connectivity index (χ1v) is 10.9. The van der Waals surface area contributed by atoms with Crippen LogP contribution >= 0.6 is 0 Å². The molecule has 158 valence electrons. The van der Waals surface area contributed by atoms with E-state index in [2.05, 4.69) is 27.7 Å². The molecule has 5 aromatic rings. The van der Waals surface area contributed by atoms with E-state index in [-0.39, 0.29) is 5.91 Å². The first kappa shape index (κ1) is 19.9. The van der Waals surface area contributed by atoms with Crippen molar-refractivity contribution in [1.29, 1.82) is 0 Å². The Morgan fingerprint density at radius 1 is 0.969 bits per heavy atom. The van der Waals surface area contributed by atoms with E-state index in [0.717, 1.165) is 45.9 Å². The van der Waals surface area contributed by atoms with Crippen LogP contribution in [0.2, 0.25) is 0 Å². The summed E-state index contributed by atoms with van der Waals surface area (Å²) in [6.45, 7) is 2.62. The molecule has 0 aliphatic heterocycles. The number of carbonyl (C=O) groups excluding carboxylic acids is 1. The second-order valence-corrected chi connectivity index (χ2v) is 7.92. The third-order valence-corrected chi connectivity index (χ3v) is 5.79. The van der Waals surface area contributed by atoms with Gasteiger partial charge in [0, 0.05) is 24.3 Å². The van der Waals surface area contributed by atoms with Crippen molar-refractivity contribution in [2.75, 3.05) is 6.54 Å². The molecule has 0 fully saturated rings. The van der Waals surface area contributed by atoms with Crippen LogP contribution in [0.15, 0.2) is 85.2 Å². The summed E-state index contributed by atoms with van der Waals surface area (Å²) in [5, 5.41) is 10.9. The molecule has 0 saturated heterocycles. The number of rotatable bonds is 6. The van der Waals surface area contributed by atoms with Crippen LogP contribution < -0.4 is 5.32 Å². The van der Waals surface area contributed by atoms with Gasteiger partial charge in [0.15, 0.2) is 0 Å². The van der Waals surface area contributed by atoms with E-state index in [1.54, 1.807) is 6.20 Å². The highest BCUT2D eigenvalue weighted by Crippen LogP contribution is 2.27. The summed E-state index contributed by atoms with van der Waals surface area (Å²) >= 11 is 0. The summed E-state index contributed by atoms with van der Waals surface area (Å²) in [7, 11) is 0. The van der Waals surface area contributed by atoms with E-state index in [4.69, 9.17) is 0 Å². The molecule has 0 aliphatic carbocycles. The molecule has 1 N–H and O–H groups in total. The predicted octanol–water partition coefficient (Wildman–Crippen LogP) is 5.24. The van der Waals surface area contributed by atoms with E-state index in [1.165, 1.54) is 5.56 Å². The van der Waals surface area contributed by atoms with Gasteiger partial charge in [0.2, 0.25) is 0 Å². The van der Waals surface area contributed by atoms with E-state index >= 15 is 0 Å². The third-order valence-electron chi connectivity index (χ3n) is 5.79. The number of nitrogens with zero attached hydrogens (tertiary/aromatic N) is 3. The standard InChI is InChI=1S/C27H24N4O/c1-19-21(18-31(30-19)22-11-3-2-4-12-22)10-7-16-29-27(32)25-17-20-9-5-6-13-23(20)24-14-8-15-28-26(24)25/h2-6,8-9,11-15,17-18H,7,10,16H2,1H3,(H,29,32). The molecule has 1 amide bonds. The summed E-state index contributed by atoms with van der Waals surface area (Å²) < 4.78 is 1.91. The van der Waals surface area contributed by atoms with Crippen LogP contribution in [0.3, 0.4) is 0 Å². The van der Waals surface area contributed by atoms with E-state index in [9.17, 15) is 4.79 Å². The number of pyridine rings is 1. The van der Waals surface area contributed by atoms with Gasteiger partial charge in [-0.15, -0.1) is 0 Å². The van der Waals surface area contributed by atoms with E-state index in [0.29, 0.717) is 12.1 Å². The lowest BCUT2D eigenvalue weighted by atomic mass is 10.0. The maximum absolute atomic E-state index is 13.0. The number of nitrogens with one attached hydrogen (secondary N) is 1. The maximum Gasteiger partial charge on any atom is 0.253 e. The Kier molecular flexibility index (Phi) is 5.38. The second kappa shape index (κ2) is 8.63. The van der Waals surface area contributed by atoms with Gasteiger partial charge in [-0.05, 0) is 60.4 Å². The van der Waals surface area contributed by atoms with Gasteiger partial charge in [-0.1, -0.05) is 48.5 Å². The van der Waals surface area contributed by atoms with Crippen molar-refractivity contribution in [2.45, 2.75) is 19.8 Å². The first-order chi connectivity index (χ1) is 15.7. The average Bonchev–Trinajstić information content (AvgIpc) is 3.22. The van der Waals surface area contributed by atoms with Crippen LogP contribution in [0.1, 0.15) is 28.0 Å². The fraction of sp³-hybridized carbons (Fsp3) is 0.148. The van der Waals surface area contributed by atoms with Crippen molar-refractivity contribution in [1.82, 2.24) is 20.1 Å². The number of hydrogen-bond acceptors (Lipinski definition) is 3. The third kappa shape index (κ3) is 3.85. The number of benzene rings is 3. The van der Waals surface area contributed by atoms with Crippen molar-refractivity contribution < 1.29 is 4.79 Å². The highest BCUT2D eigenvalue weighted by molar-refractivity contribution is 6.15. The Bertz CT molecular complexity index is 1410. The smallest absolute Gasteiger partial charge is 0.253 e. The SMILES string of the molecule is Cc1nn(-c2ccccc2)cc1CCCNC(=O)c1cc2ccccc2c2cccnc12. The number of hydrogen-bond donors (Lipinski definition) is 1.